The highest BCUT2D eigenvalue weighted by molar-refractivity contribution is 5.79. The molecular formula is C24H22FN5O2. The Hall–Kier alpha value is -3.81. The second-order valence-electron chi connectivity index (χ2n) is 8.00. The third-order valence-corrected chi connectivity index (χ3v) is 5.91. The van der Waals surface area contributed by atoms with Gasteiger partial charge in [0.05, 0.1) is 6.42 Å². The highest BCUT2D eigenvalue weighted by Crippen LogP contribution is 2.30. The molecule has 2 aromatic carbocycles. The molecule has 0 N–H and O–H groups in total. The molecule has 32 heavy (non-hydrogen) atoms. The number of aromatic nitrogens is 4. The van der Waals surface area contributed by atoms with Crippen LogP contribution >= 0.6 is 0 Å². The largest absolute Gasteiger partial charge is 0.338 e. The molecule has 1 amide bonds. The number of fused-ring (bicyclic) bond motifs is 1. The van der Waals surface area contributed by atoms with Gasteiger partial charge in [-0.25, -0.2) is 4.39 Å². The maximum Gasteiger partial charge on any atom is 0.279 e. The first-order chi connectivity index (χ1) is 15.5. The van der Waals surface area contributed by atoms with Gasteiger partial charge >= 0.3 is 0 Å². The zero-order valence-corrected chi connectivity index (χ0v) is 17.9. The fraction of sp³-hybridized carbons (Fsp3) is 0.250. The minimum Gasteiger partial charge on any atom is -0.338 e. The molecule has 0 bridgehead atoms. The smallest absolute Gasteiger partial charge is 0.279 e. The predicted molar refractivity (Wildman–Crippen MR) is 116 cm³/mol. The molecule has 2 aromatic heterocycles. The molecule has 4 aromatic rings. The van der Waals surface area contributed by atoms with Crippen LogP contribution < -0.4 is 0 Å². The molecule has 0 spiro atoms. The van der Waals surface area contributed by atoms with Crippen molar-refractivity contribution in [2.45, 2.75) is 26.3 Å². The van der Waals surface area contributed by atoms with Crippen LogP contribution in [0.3, 0.4) is 0 Å². The molecule has 1 aliphatic rings. The van der Waals surface area contributed by atoms with Crippen LogP contribution in [0, 0.1) is 12.7 Å². The summed E-state index contributed by atoms with van der Waals surface area (Å²) in [7, 11) is 1.87. The predicted octanol–water partition coefficient (Wildman–Crippen LogP) is 3.71. The van der Waals surface area contributed by atoms with E-state index in [1.165, 1.54) is 12.1 Å². The number of hydrogen-bond donors (Lipinski definition) is 0. The van der Waals surface area contributed by atoms with E-state index in [0.29, 0.717) is 43.0 Å². The maximum absolute atomic E-state index is 13.6. The molecule has 0 atom stereocenters. The van der Waals surface area contributed by atoms with Crippen LogP contribution in [0.25, 0.3) is 23.0 Å². The van der Waals surface area contributed by atoms with E-state index in [-0.39, 0.29) is 17.6 Å². The Bertz CT molecular complexity index is 1310. The van der Waals surface area contributed by atoms with Gasteiger partial charge in [-0.05, 0) is 30.2 Å². The molecule has 0 saturated heterocycles. The molecule has 3 heterocycles. The summed E-state index contributed by atoms with van der Waals surface area (Å²) in [5, 5.41) is 8.59. The molecular weight excluding hydrogens is 409 g/mol. The van der Waals surface area contributed by atoms with E-state index in [1.807, 2.05) is 43.1 Å². The van der Waals surface area contributed by atoms with Gasteiger partial charge in [0.15, 0.2) is 5.69 Å². The van der Waals surface area contributed by atoms with Crippen molar-refractivity contribution < 1.29 is 13.7 Å². The van der Waals surface area contributed by atoms with E-state index in [2.05, 4.69) is 15.2 Å². The van der Waals surface area contributed by atoms with Crippen molar-refractivity contribution in [3.63, 3.8) is 0 Å². The van der Waals surface area contributed by atoms with E-state index >= 15 is 0 Å². The number of hydrogen-bond acceptors (Lipinski definition) is 5. The Balaban J connectivity index is 1.41. The maximum atomic E-state index is 13.6. The Morgan fingerprint density at radius 3 is 2.84 bits per heavy atom. The van der Waals surface area contributed by atoms with Gasteiger partial charge in [-0.1, -0.05) is 41.6 Å². The van der Waals surface area contributed by atoms with Gasteiger partial charge in [0, 0.05) is 43.4 Å². The number of benzene rings is 2. The van der Waals surface area contributed by atoms with Crippen molar-refractivity contribution in [2.24, 2.45) is 7.05 Å². The van der Waals surface area contributed by atoms with E-state index in [9.17, 15) is 9.18 Å². The quantitative estimate of drug-likeness (QED) is 0.492. The highest BCUT2D eigenvalue weighted by Gasteiger charge is 2.29. The monoisotopic (exact) mass is 431 g/mol. The average molecular weight is 431 g/mol. The lowest BCUT2D eigenvalue weighted by Crippen LogP contribution is -2.37. The zero-order chi connectivity index (χ0) is 22.2. The summed E-state index contributed by atoms with van der Waals surface area (Å²) in [6.07, 6.45) is 1.06. The SMILES string of the molecule is Cc1ccccc1CC(=O)N1CCc2c(c(-c3nc(-c4cccc(F)c4)no3)nn2C)C1. The summed E-state index contributed by atoms with van der Waals surface area (Å²) in [5.74, 6) is 0.258. The standard InChI is InChI=1S/C24H22FN5O2/c1-15-6-3-4-7-16(15)13-21(31)30-11-10-20-19(14-30)22(27-29(20)2)24-26-23(28-32-24)17-8-5-9-18(25)12-17/h3-9,12H,10-11,13-14H2,1-2H3. The molecule has 0 fully saturated rings. The van der Waals surface area contributed by atoms with E-state index < -0.39 is 0 Å². The second kappa shape index (κ2) is 8.03. The van der Waals surface area contributed by atoms with Crippen molar-refractivity contribution in [3.05, 3.63) is 76.7 Å². The first-order valence-corrected chi connectivity index (χ1v) is 10.5. The van der Waals surface area contributed by atoms with Crippen LogP contribution in [0.4, 0.5) is 4.39 Å². The number of nitrogens with zero attached hydrogens (tertiary/aromatic N) is 5. The average Bonchev–Trinajstić information content (AvgIpc) is 3.40. The number of halogens is 1. The van der Waals surface area contributed by atoms with Crippen LogP contribution in [0.5, 0.6) is 0 Å². The molecule has 0 saturated carbocycles. The third kappa shape index (κ3) is 3.68. The summed E-state index contributed by atoms with van der Waals surface area (Å²) in [6.45, 7) is 3.08. The Labute approximate surface area is 184 Å². The lowest BCUT2D eigenvalue weighted by atomic mass is 10.0. The first-order valence-electron chi connectivity index (χ1n) is 10.5. The van der Waals surface area contributed by atoms with Crippen molar-refractivity contribution in [1.82, 2.24) is 24.8 Å². The normalized spacial score (nSPS) is 13.3. The molecule has 0 radical (unpaired) electrons. The molecule has 0 aliphatic carbocycles. The van der Waals surface area contributed by atoms with Crippen LogP contribution in [-0.2, 0) is 31.2 Å². The number of carbonyl (C=O) groups is 1. The zero-order valence-electron chi connectivity index (χ0n) is 17.9. The van der Waals surface area contributed by atoms with Gasteiger partial charge < -0.3 is 9.42 Å². The number of carbonyl (C=O) groups excluding carboxylic acids is 1. The van der Waals surface area contributed by atoms with Gasteiger partial charge in [0.1, 0.15) is 5.82 Å². The Morgan fingerprint density at radius 1 is 1.19 bits per heavy atom. The van der Waals surface area contributed by atoms with E-state index in [4.69, 9.17) is 4.52 Å². The van der Waals surface area contributed by atoms with Crippen LogP contribution in [0.15, 0.2) is 53.1 Å². The Morgan fingerprint density at radius 2 is 2.03 bits per heavy atom. The molecule has 8 heteroatoms. The van der Waals surface area contributed by atoms with Crippen LogP contribution in [0.2, 0.25) is 0 Å². The van der Waals surface area contributed by atoms with Gasteiger partial charge in [-0.3, -0.25) is 9.48 Å². The highest BCUT2D eigenvalue weighted by atomic mass is 19.1. The molecule has 0 unspecified atom stereocenters. The lowest BCUT2D eigenvalue weighted by molar-refractivity contribution is -0.131. The third-order valence-electron chi connectivity index (χ3n) is 5.91. The van der Waals surface area contributed by atoms with Gasteiger partial charge in [-0.2, -0.15) is 10.1 Å². The second-order valence-corrected chi connectivity index (χ2v) is 8.00. The molecule has 5 rings (SSSR count). The van der Waals surface area contributed by atoms with Crippen LogP contribution in [0.1, 0.15) is 22.4 Å². The number of aryl methyl sites for hydroxylation is 2. The topological polar surface area (TPSA) is 77.1 Å². The molecule has 1 aliphatic heterocycles. The molecule has 162 valence electrons. The van der Waals surface area contributed by atoms with Crippen molar-refractivity contribution in [1.29, 1.82) is 0 Å². The molecule has 7 nitrogen and oxygen atoms in total. The summed E-state index contributed by atoms with van der Waals surface area (Å²) in [5.41, 5.74) is 5.19. The van der Waals surface area contributed by atoms with Gasteiger partial charge in [0.25, 0.3) is 5.89 Å². The fourth-order valence-corrected chi connectivity index (χ4v) is 4.12. The van der Waals surface area contributed by atoms with E-state index in [1.54, 1.807) is 16.8 Å². The van der Waals surface area contributed by atoms with Crippen molar-refractivity contribution in [3.8, 4) is 23.0 Å². The summed E-state index contributed by atoms with van der Waals surface area (Å²) < 4.78 is 20.8. The number of rotatable bonds is 4. The minimum absolute atomic E-state index is 0.0748. The van der Waals surface area contributed by atoms with Crippen molar-refractivity contribution in [2.75, 3.05) is 6.54 Å². The lowest BCUT2D eigenvalue weighted by Gasteiger charge is -2.27. The summed E-state index contributed by atoms with van der Waals surface area (Å²) >= 11 is 0. The van der Waals surface area contributed by atoms with Gasteiger partial charge in [0.2, 0.25) is 11.7 Å². The fourth-order valence-electron chi connectivity index (χ4n) is 4.12. The van der Waals surface area contributed by atoms with Crippen LogP contribution in [-0.4, -0.2) is 37.3 Å². The number of amides is 1. The van der Waals surface area contributed by atoms with E-state index in [0.717, 1.165) is 22.4 Å². The van der Waals surface area contributed by atoms with Crippen molar-refractivity contribution >= 4 is 5.91 Å². The van der Waals surface area contributed by atoms with Gasteiger partial charge in [-0.15, -0.1) is 0 Å². The summed E-state index contributed by atoms with van der Waals surface area (Å²) in [6, 6.07) is 14.0. The Kier molecular flexibility index (Phi) is 5.05. The summed E-state index contributed by atoms with van der Waals surface area (Å²) in [4.78, 5) is 19.3. The minimum atomic E-state index is -0.369. The first kappa shape index (κ1) is 20.1.